The lowest BCUT2D eigenvalue weighted by atomic mass is 9.83. The first-order valence-electron chi connectivity index (χ1n) is 5.68. The number of hydrogen-bond acceptors (Lipinski definition) is 4. The second kappa shape index (κ2) is 5.61. The van der Waals surface area contributed by atoms with Gasteiger partial charge in [0.25, 0.3) is 0 Å². The second-order valence-electron chi connectivity index (χ2n) is 4.75. The van der Waals surface area contributed by atoms with Crippen LogP contribution in [0.1, 0.15) is 13.8 Å². The number of rotatable bonds is 6. The van der Waals surface area contributed by atoms with Gasteiger partial charge in [0.05, 0.1) is 18.8 Å². The van der Waals surface area contributed by atoms with Crippen molar-refractivity contribution in [2.45, 2.75) is 19.4 Å². The van der Waals surface area contributed by atoms with Crippen LogP contribution >= 0.6 is 0 Å². The van der Waals surface area contributed by atoms with Gasteiger partial charge < -0.3 is 15.2 Å². The third-order valence-corrected chi connectivity index (χ3v) is 3.07. The number of amides is 1. The first-order valence-corrected chi connectivity index (χ1v) is 5.68. The van der Waals surface area contributed by atoms with Crippen molar-refractivity contribution in [2.24, 2.45) is 5.92 Å². The van der Waals surface area contributed by atoms with Gasteiger partial charge >= 0.3 is 0 Å². The number of likely N-dealkylation sites (tertiary alicyclic amines) is 1. The van der Waals surface area contributed by atoms with Gasteiger partial charge in [-0.2, -0.15) is 0 Å². The molecule has 5 nitrogen and oxygen atoms in total. The first kappa shape index (κ1) is 13.4. The van der Waals surface area contributed by atoms with Crippen LogP contribution in [0.25, 0.3) is 0 Å². The minimum Gasteiger partial charge on any atom is -0.387 e. The highest BCUT2D eigenvalue weighted by atomic mass is 16.5. The van der Waals surface area contributed by atoms with E-state index in [1.165, 1.54) is 0 Å². The van der Waals surface area contributed by atoms with Crippen molar-refractivity contribution < 1.29 is 14.6 Å². The van der Waals surface area contributed by atoms with Crippen molar-refractivity contribution in [1.82, 2.24) is 10.2 Å². The number of nitrogens with one attached hydrogen (secondary N) is 1. The van der Waals surface area contributed by atoms with Crippen LogP contribution in [0.5, 0.6) is 0 Å². The zero-order valence-corrected chi connectivity index (χ0v) is 10.3. The summed E-state index contributed by atoms with van der Waals surface area (Å²) >= 11 is 0. The standard InChI is InChI=1S/C11H22N2O3/c1-9(2)11(15)7-13(8-11)6-10(14)12-4-5-16-3/h9,15H,4-8H2,1-3H3,(H,12,14). The van der Waals surface area contributed by atoms with Crippen molar-refractivity contribution in [3.05, 3.63) is 0 Å². The van der Waals surface area contributed by atoms with Gasteiger partial charge in [-0.15, -0.1) is 0 Å². The fraction of sp³-hybridized carbons (Fsp3) is 0.909. The van der Waals surface area contributed by atoms with E-state index in [0.717, 1.165) is 0 Å². The summed E-state index contributed by atoms with van der Waals surface area (Å²) in [5, 5.41) is 12.7. The van der Waals surface area contributed by atoms with Crippen molar-refractivity contribution >= 4 is 5.91 Å². The van der Waals surface area contributed by atoms with Gasteiger partial charge in [-0.3, -0.25) is 9.69 Å². The molecule has 0 unspecified atom stereocenters. The number of carbonyl (C=O) groups excluding carboxylic acids is 1. The number of β-amino-alcohol motifs (C(OH)–C–C–N with tert-alkyl or cyclic N) is 1. The Morgan fingerprint density at radius 1 is 1.56 bits per heavy atom. The summed E-state index contributed by atoms with van der Waals surface area (Å²) in [6.45, 7) is 6.59. The van der Waals surface area contributed by atoms with Gasteiger partial charge in [-0.05, 0) is 5.92 Å². The Labute approximate surface area is 96.8 Å². The Kier molecular flexibility index (Phi) is 4.70. The smallest absolute Gasteiger partial charge is 0.234 e. The number of nitrogens with zero attached hydrogens (tertiary/aromatic N) is 1. The van der Waals surface area contributed by atoms with E-state index in [2.05, 4.69) is 5.32 Å². The molecule has 0 atom stereocenters. The van der Waals surface area contributed by atoms with Crippen LogP contribution in [0.15, 0.2) is 0 Å². The van der Waals surface area contributed by atoms with E-state index < -0.39 is 5.60 Å². The van der Waals surface area contributed by atoms with Crippen molar-refractivity contribution in [1.29, 1.82) is 0 Å². The van der Waals surface area contributed by atoms with E-state index >= 15 is 0 Å². The Balaban J connectivity index is 2.15. The molecule has 0 bridgehead atoms. The molecule has 0 aromatic heterocycles. The molecule has 2 N–H and O–H groups in total. The Bertz CT molecular complexity index is 237. The van der Waals surface area contributed by atoms with Crippen molar-refractivity contribution in [2.75, 3.05) is 39.9 Å². The Morgan fingerprint density at radius 3 is 2.69 bits per heavy atom. The quantitative estimate of drug-likeness (QED) is 0.601. The molecule has 0 aromatic rings. The minimum absolute atomic E-state index is 0.0112. The maximum absolute atomic E-state index is 11.4. The number of methoxy groups -OCH3 is 1. The summed E-state index contributed by atoms with van der Waals surface area (Å²) in [5.41, 5.74) is -0.604. The molecule has 16 heavy (non-hydrogen) atoms. The number of ether oxygens (including phenoxy) is 1. The molecule has 94 valence electrons. The highest BCUT2D eigenvalue weighted by Crippen LogP contribution is 2.27. The number of aliphatic hydroxyl groups is 1. The number of carbonyl (C=O) groups is 1. The molecule has 1 fully saturated rings. The van der Waals surface area contributed by atoms with Crippen LogP contribution in [0, 0.1) is 5.92 Å². The Morgan fingerprint density at radius 2 is 2.19 bits per heavy atom. The molecule has 0 aromatic carbocycles. The van der Waals surface area contributed by atoms with Gasteiger partial charge in [0, 0.05) is 26.7 Å². The van der Waals surface area contributed by atoms with Gasteiger partial charge in [-0.1, -0.05) is 13.8 Å². The maximum Gasteiger partial charge on any atom is 0.234 e. The molecule has 1 aliphatic rings. The topological polar surface area (TPSA) is 61.8 Å². The second-order valence-corrected chi connectivity index (χ2v) is 4.75. The van der Waals surface area contributed by atoms with Gasteiger partial charge in [0.15, 0.2) is 0 Å². The lowest BCUT2D eigenvalue weighted by molar-refractivity contribution is -0.142. The average molecular weight is 230 g/mol. The van der Waals surface area contributed by atoms with E-state index in [4.69, 9.17) is 4.74 Å². The van der Waals surface area contributed by atoms with E-state index in [1.807, 2.05) is 18.7 Å². The molecular weight excluding hydrogens is 208 g/mol. The highest BCUT2D eigenvalue weighted by molar-refractivity contribution is 5.78. The van der Waals surface area contributed by atoms with Crippen LogP contribution in [0.4, 0.5) is 0 Å². The predicted octanol–water partition coefficient (Wildman–Crippen LogP) is -0.548. The molecule has 0 radical (unpaired) electrons. The van der Waals surface area contributed by atoms with E-state index in [1.54, 1.807) is 7.11 Å². The molecule has 0 spiro atoms. The Hall–Kier alpha value is -0.650. The normalized spacial score (nSPS) is 19.6. The van der Waals surface area contributed by atoms with Gasteiger partial charge in [0.2, 0.25) is 5.91 Å². The van der Waals surface area contributed by atoms with Gasteiger partial charge in [-0.25, -0.2) is 0 Å². The predicted molar refractivity (Wildman–Crippen MR) is 61.1 cm³/mol. The summed E-state index contributed by atoms with van der Waals surface area (Å²) in [6.07, 6.45) is 0. The summed E-state index contributed by atoms with van der Waals surface area (Å²) in [7, 11) is 1.60. The van der Waals surface area contributed by atoms with Crippen LogP contribution in [-0.2, 0) is 9.53 Å². The molecule has 0 saturated carbocycles. The average Bonchev–Trinajstić information content (AvgIpc) is 2.15. The highest BCUT2D eigenvalue weighted by Gasteiger charge is 2.43. The molecule has 1 rings (SSSR count). The third-order valence-electron chi connectivity index (χ3n) is 3.07. The molecule has 0 aliphatic carbocycles. The summed E-state index contributed by atoms with van der Waals surface area (Å²) < 4.78 is 4.83. The largest absolute Gasteiger partial charge is 0.387 e. The van der Waals surface area contributed by atoms with Crippen molar-refractivity contribution in [3.8, 4) is 0 Å². The van der Waals surface area contributed by atoms with Gasteiger partial charge in [0.1, 0.15) is 0 Å². The fourth-order valence-corrected chi connectivity index (χ4v) is 1.76. The zero-order valence-electron chi connectivity index (χ0n) is 10.3. The van der Waals surface area contributed by atoms with E-state index in [0.29, 0.717) is 32.8 Å². The summed E-state index contributed by atoms with van der Waals surface area (Å²) in [4.78, 5) is 13.4. The minimum atomic E-state index is -0.604. The molecule has 1 aliphatic heterocycles. The molecule has 1 saturated heterocycles. The molecule has 5 heteroatoms. The lowest BCUT2D eigenvalue weighted by Crippen LogP contribution is -2.65. The first-order chi connectivity index (χ1) is 7.48. The maximum atomic E-state index is 11.4. The summed E-state index contributed by atoms with van der Waals surface area (Å²) in [5.74, 6) is 0.225. The van der Waals surface area contributed by atoms with Crippen LogP contribution in [-0.4, -0.2) is 61.4 Å². The molecule has 1 heterocycles. The van der Waals surface area contributed by atoms with Crippen LogP contribution < -0.4 is 5.32 Å². The number of hydrogen-bond donors (Lipinski definition) is 2. The zero-order chi connectivity index (χ0) is 12.2. The lowest BCUT2D eigenvalue weighted by Gasteiger charge is -2.48. The van der Waals surface area contributed by atoms with E-state index in [9.17, 15) is 9.90 Å². The van der Waals surface area contributed by atoms with Crippen LogP contribution in [0.2, 0.25) is 0 Å². The van der Waals surface area contributed by atoms with Crippen LogP contribution in [0.3, 0.4) is 0 Å². The molecular formula is C11H22N2O3. The summed E-state index contributed by atoms with van der Waals surface area (Å²) in [6, 6.07) is 0. The third kappa shape index (κ3) is 3.43. The van der Waals surface area contributed by atoms with Crippen molar-refractivity contribution in [3.63, 3.8) is 0 Å². The molecule has 1 amide bonds. The van der Waals surface area contributed by atoms with E-state index in [-0.39, 0.29) is 11.8 Å². The monoisotopic (exact) mass is 230 g/mol. The fourth-order valence-electron chi connectivity index (χ4n) is 1.76. The SMILES string of the molecule is COCCNC(=O)CN1CC(O)(C(C)C)C1.